The number of hydrogen-bond acceptors (Lipinski definition) is 3. The van der Waals surface area contributed by atoms with E-state index in [-0.39, 0.29) is 24.2 Å². The first-order valence-electron chi connectivity index (χ1n) is 6.86. The summed E-state index contributed by atoms with van der Waals surface area (Å²) in [6.45, 7) is 6.23. The fraction of sp³-hybridized carbons (Fsp3) is 0.533. The summed E-state index contributed by atoms with van der Waals surface area (Å²) in [5.41, 5.74) is 1.16. The molecule has 1 saturated heterocycles. The van der Waals surface area contributed by atoms with Gasteiger partial charge in [0.25, 0.3) is 0 Å². The molecule has 0 spiro atoms. The topological polar surface area (TPSA) is 32.3 Å². The van der Waals surface area contributed by atoms with Crippen LogP contribution in [0.1, 0.15) is 32.5 Å². The number of nitrogens with one attached hydrogen (secondary N) is 1. The van der Waals surface area contributed by atoms with Crippen molar-refractivity contribution < 1.29 is 4.79 Å². The molecule has 1 aromatic rings. The van der Waals surface area contributed by atoms with Crippen molar-refractivity contribution in [2.45, 2.75) is 39.0 Å². The highest BCUT2D eigenvalue weighted by Crippen LogP contribution is 2.28. The predicted octanol–water partition coefficient (Wildman–Crippen LogP) is 2.65. The van der Waals surface area contributed by atoms with E-state index in [0.29, 0.717) is 0 Å². The Morgan fingerprint density at radius 2 is 2.05 bits per heavy atom. The third-order valence-corrected chi connectivity index (χ3v) is 4.59. The lowest BCUT2D eigenvalue weighted by Gasteiger charge is -2.30. The predicted molar refractivity (Wildman–Crippen MR) is 81.1 cm³/mol. The van der Waals surface area contributed by atoms with Crippen LogP contribution in [0, 0.1) is 0 Å². The van der Waals surface area contributed by atoms with Crippen molar-refractivity contribution in [2.24, 2.45) is 0 Å². The monoisotopic (exact) mass is 278 g/mol. The van der Waals surface area contributed by atoms with Gasteiger partial charge in [-0.25, -0.2) is 0 Å². The minimum atomic E-state index is -0.0979. The minimum Gasteiger partial charge on any atom is -0.318 e. The second-order valence-corrected chi connectivity index (χ2v) is 6.27. The zero-order chi connectivity index (χ0) is 13.8. The number of amides is 1. The van der Waals surface area contributed by atoms with Crippen LogP contribution in [0.5, 0.6) is 0 Å². The van der Waals surface area contributed by atoms with Crippen LogP contribution in [0.3, 0.4) is 0 Å². The van der Waals surface area contributed by atoms with Gasteiger partial charge in [0.15, 0.2) is 0 Å². The first kappa shape index (κ1) is 14.4. The van der Waals surface area contributed by atoms with E-state index in [1.54, 1.807) is 0 Å². The SMILES string of the molecule is CCSCC(C)N1C(=O)C(C)NC1c1ccccc1. The summed E-state index contributed by atoms with van der Waals surface area (Å²) >= 11 is 1.88. The molecule has 3 unspecified atom stereocenters. The quantitative estimate of drug-likeness (QED) is 0.898. The van der Waals surface area contributed by atoms with Crippen LogP contribution in [0.25, 0.3) is 0 Å². The zero-order valence-electron chi connectivity index (χ0n) is 11.8. The molecule has 0 radical (unpaired) electrons. The summed E-state index contributed by atoms with van der Waals surface area (Å²) < 4.78 is 0. The van der Waals surface area contributed by atoms with Gasteiger partial charge in [-0.1, -0.05) is 37.3 Å². The number of carbonyl (C=O) groups is 1. The Balaban J connectivity index is 2.19. The van der Waals surface area contributed by atoms with Gasteiger partial charge in [0, 0.05) is 11.8 Å². The highest BCUT2D eigenvalue weighted by atomic mass is 32.2. The van der Waals surface area contributed by atoms with Crippen molar-refractivity contribution in [2.75, 3.05) is 11.5 Å². The maximum absolute atomic E-state index is 12.3. The number of carbonyl (C=O) groups excluding carboxylic acids is 1. The van der Waals surface area contributed by atoms with Crippen LogP contribution in [0.15, 0.2) is 30.3 Å². The molecule has 4 heteroatoms. The first-order chi connectivity index (χ1) is 9.15. The number of rotatable bonds is 5. The van der Waals surface area contributed by atoms with Gasteiger partial charge in [-0.15, -0.1) is 0 Å². The van der Waals surface area contributed by atoms with Crippen molar-refractivity contribution in [1.29, 1.82) is 0 Å². The van der Waals surface area contributed by atoms with E-state index < -0.39 is 0 Å². The Bertz CT molecular complexity index is 423. The van der Waals surface area contributed by atoms with Crippen molar-refractivity contribution >= 4 is 17.7 Å². The van der Waals surface area contributed by atoms with Crippen LogP contribution in [0.4, 0.5) is 0 Å². The van der Waals surface area contributed by atoms with Crippen LogP contribution >= 0.6 is 11.8 Å². The number of hydrogen-bond donors (Lipinski definition) is 1. The summed E-state index contributed by atoms with van der Waals surface area (Å²) in [5.74, 6) is 2.28. The molecule has 1 amide bonds. The molecular formula is C15H22N2OS. The molecular weight excluding hydrogens is 256 g/mol. The largest absolute Gasteiger partial charge is 0.318 e. The molecule has 19 heavy (non-hydrogen) atoms. The van der Waals surface area contributed by atoms with E-state index in [9.17, 15) is 4.79 Å². The smallest absolute Gasteiger partial charge is 0.241 e. The molecule has 3 atom stereocenters. The summed E-state index contributed by atoms with van der Waals surface area (Å²) in [6, 6.07) is 10.4. The molecule has 0 aromatic heterocycles. The van der Waals surface area contributed by atoms with Gasteiger partial charge in [-0.05, 0) is 25.2 Å². The Labute approximate surface area is 119 Å². The highest BCUT2D eigenvalue weighted by molar-refractivity contribution is 7.99. The zero-order valence-corrected chi connectivity index (χ0v) is 12.6. The first-order valence-corrected chi connectivity index (χ1v) is 8.01. The molecule has 0 bridgehead atoms. The molecule has 1 aliphatic heterocycles. The van der Waals surface area contributed by atoms with E-state index in [1.807, 2.05) is 41.8 Å². The second kappa shape index (κ2) is 6.44. The van der Waals surface area contributed by atoms with Crippen molar-refractivity contribution in [1.82, 2.24) is 10.2 Å². The average molecular weight is 278 g/mol. The molecule has 3 nitrogen and oxygen atoms in total. The third kappa shape index (κ3) is 3.12. The summed E-state index contributed by atoms with van der Waals surface area (Å²) in [4.78, 5) is 14.4. The van der Waals surface area contributed by atoms with Crippen LogP contribution < -0.4 is 5.32 Å². The van der Waals surface area contributed by atoms with Crippen molar-refractivity contribution in [3.8, 4) is 0 Å². The van der Waals surface area contributed by atoms with Crippen LogP contribution in [-0.2, 0) is 4.79 Å². The maximum Gasteiger partial charge on any atom is 0.241 e. The molecule has 1 fully saturated rings. The van der Waals surface area contributed by atoms with Crippen LogP contribution in [-0.4, -0.2) is 34.4 Å². The minimum absolute atomic E-state index is 0.0103. The Morgan fingerprint density at radius 1 is 1.37 bits per heavy atom. The number of nitrogens with zero attached hydrogens (tertiary/aromatic N) is 1. The third-order valence-electron chi connectivity index (χ3n) is 3.46. The molecule has 0 saturated carbocycles. The molecule has 1 aliphatic rings. The lowest BCUT2D eigenvalue weighted by atomic mass is 10.1. The van der Waals surface area contributed by atoms with Gasteiger partial charge in [-0.3, -0.25) is 10.1 Å². The van der Waals surface area contributed by atoms with Crippen molar-refractivity contribution in [3.05, 3.63) is 35.9 Å². The standard InChI is InChI=1S/C15H22N2OS/c1-4-19-10-11(2)17-14(16-12(3)15(17)18)13-8-6-5-7-9-13/h5-9,11-12,14,16H,4,10H2,1-3H3. The Hall–Kier alpha value is -1.00. The lowest BCUT2D eigenvalue weighted by Crippen LogP contribution is -2.39. The summed E-state index contributed by atoms with van der Waals surface area (Å²) in [7, 11) is 0. The fourth-order valence-electron chi connectivity index (χ4n) is 2.47. The van der Waals surface area contributed by atoms with Crippen molar-refractivity contribution in [3.63, 3.8) is 0 Å². The van der Waals surface area contributed by atoms with Gasteiger partial charge in [0.05, 0.1) is 6.04 Å². The molecule has 1 aromatic carbocycles. The Kier molecular flexibility index (Phi) is 4.88. The average Bonchev–Trinajstić information content (AvgIpc) is 2.73. The van der Waals surface area contributed by atoms with Gasteiger partial charge in [-0.2, -0.15) is 11.8 Å². The second-order valence-electron chi connectivity index (χ2n) is 4.96. The van der Waals surface area contributed by atoms with E-state index in [4.69, 9.17) is 0 Å². The number of thioether (sulfide) groups is 1. The van der Waals surface area contributed by atoms with E-state index in [2.05, 4.69) is 31.3 Å². The molecule has 1 N–H and O–H groups in total. The molecule has 0 aliphatic carbocycles. The van der Waals surface area contributed by atoms with E-state index >= 15 is 0 Å². The maximum atomic E-state index is 12.3. The fourth-order valence-corrected chi connectivity index (χ4v) is 3.21. The lowest BCUT2D eigenvalue weighted by molar-refractivity contribution is -0.131. The molecule has 104 valence electrons. The van der Waals surface area contributed by atoms with Gasteiger partial charge >= 0.3 is 0 Å². The van der Waals surface area contributed by atoms with E-state index in [1.165, 1.54) is 0 Å². The summed E-state index contributed by atoms with van der Waals surface area (Å²) in [5, 5.41) is 3.39. The van der Waals surface area contributed by atoms with Gasteiger partial charge < -0.3 is 4.90 Å². The molecule has 2 rings (SSSR count). The highest BCUT2D eigenvalue weighted by Gasteiger charge is 2.39. The normalized spacial score (nSPS) is 24.8. The Morgan fingerprint density at radius 3 is 2.68 bits per heavy atom. The van der Waals surface area contributed by atoms with Crippen LogP contribution in [0.2, 0.25) is 0 Å². The number of benzene rings is 1. The molecule has 1 heterocycles. The summed E-state index contributed by atoms with van der Waals surface area (Å²) in [6.07, 6.45) is 0.0103. The van der Waals surface area contributed by atoms with Gasteiger partial charge in [0.1, 0.15) is 6.17 Å². The van der Waals surface area contributed by atoms with Gasteiger partial charge in [0.2, 0.25) is 5.91 Å². The van der Waals surface area contributed by atoms with E-state index in [0.717, 1.165) is 17.1 Å².